The van der Waals surface area contributed by atoms with Crippen LogP contribution in [0.4, 0.5) is 11.4 Å². The first-order valence-electron chi connectivity index (χ1n) is 11.5. The molecule has 2 aromatic carbocycles. The van der Waals surface area contributed by atoms with E-state index in [2.05, 4.69) is 72.3 Å². The van der Waals surface area contributed by atoms with Crippen molar-refractivity contribution in [1.29, 1.82) is 0 Å². The van der Waals surface area contributed by atoms with Gasteiger partial charge in [-0.3, -0.25) is 0 Å². The van der Waals surface area contributed by atoms with Crippen LogP contribution in [0.25, 0.3) is 0 Å². The maximum absolute atomic E-state index is 5.84. The van der Waals surface area contributed by atoms with Gasteiger partial charge in [0.1, 0.15) is 0 Å². The molecule has 1 aliphatic rings. The lowest BCUT2D eigenvalue weighted by atomic mass is 9.99. The SMILES string of the molecule is CCCN1CCCc2cc(CN(CCCOC)C(=S)Nc3ccc(C)cc3C)ccc21. The topological polar surface area (TPSA) is 27.7 Å². The summed E-state index contributed by atoms with van der Waals surface area (Å²) in [6.45, 7) is 11.2. The van der Waals surface area contributed by atoms with Gasteiger partial charge < -0.3 is 19.9 Å². The fourth-order valence-corrected chi connectivity index (χ4v) is 4.62. The van der Waals surface area contributed by atoms with Crippen LogP contribution in [0, 0.1) is 13.8 Å². The number of thiocarbonyl (C=S) groups is 1. The summed E-state index contributed by atoms with van der Waals surface area (Å²) < 4.78 is 5.29. The average Bonchev–Trinajstić information content (AvgIpc) is 2.75. The number of benzene rings is 2. The highest BCUT2D eigenvalue weighted by molar-refractivity contribution is 7.80. The summed E-state index contributed by atoms with van der Waals surface area (Å²) in [7, 11) is 1.75. The molecule has 0 radical (unpaired) electrons. The number of nitrogens with one attached hydrogen (secondary N) is 1. The zero-order valence-electron chi connectivity index (χ0n) is 19.5. The van der Waals surface area contributed by atoms with E-state index in [9.17, 15) is 0 Å². The van der Waals surface area contributed by atoms with Crippen molar-refractivity contribution in [2.45, 2.75) is 53.0 Å². The third-order valence-corrected chi connectivity index (χ3v) is 6.27. The lowest BCUT2D eigenvalue weighted by Crippen LogP contribution is -2.36. The Balaban J connectivity index is 1.75. The minimum absolute atomic E-state index is 0.735. The Morgan fingerprint density at radius 3 is 2.77 bits per heavy atom. The summed E-state index contributed by atoms with van der Waals surface area (Å²) in [5, 5.41) is 4.25. The second-order valence-electron chi connectivity index (χ2n) is 8.57. The minimum atomic E-state index is 0.735. The van der Waals surface area contributed by atoms with Crippen molar-refractivity contribution in [1.82, 2.24) is 4.90 Å². The maximum atomic E-state index is 5.84. The number of aryl methyl sites for hydroxylation is 3. The lowest BCUT2D eigenvalue weighted by molar-refractivity contribution is 0.185. The highest BCUT2D eigenvalue weighted by Crippen LogP contribution is 2.29. The van der Waals surface area contributed by atoms with Crippen molar-refractivity contribution in [2.24, 2.45) is 0 Å². The first kappa shape index (κ1) is 23.6. The van der Waals surface area contributed by atoms with E-state index in [-0.39, 0.29) is 0 Å². The first-order valence-corrected chi connectivity index (χ1v) is 11.9. The molecule has 1 N–H and O–H groups in total. The molecule has 168 valence electrons. The molecule has 0 saturated carbocycles. The second kappa shape index (κ2) is 11.5. The van der Waals surface area contributed by atoms with Crippen molar-refractivity contribution < 1.29 is 4.74 Å². The van der Waals surface area contributed by atoms with Crippen molar-refractivity contribution in [3.63, 3.8) is 0 Å². The van der Waals surface area contributed by atoms with Crippen LogP contribution in [0.2, 0.25) is 0 Å². The molecule has 2 aromatic rings. The monoisotopic (exact) mass is 439 g/mol. The normalized spacial score (nSPS) is 13.1. The zero-order chi connectivity index (χ0) is 22.2. The van der Waals surface area contributed by atoms with E-state index in [4.69, 9.17) is 17.0 Å². The number of nitrogens with zero attached hydrogens (tertiary/aromatic N) is 2. The summed E-state index contributed by atoms with van der Waals surface area (Å²) in [5.41, 5.74) is 7.76. The number of fused-ring (bicyclic) bond motifs is 1. The molecule has 1 aliphatic heterocycles. The largest absolute Gasteiger partial charge is 0.385 e. The number of hydrogen-bond acceptors (Lipinski definition) is 3. The molecule has 0 atom stereocenters. The van der Waals surface area contributed by atoms with Crippen LogP contribution >= 0.6 is 12.2 Å². The van der Waals surface area contributed by atoms with Gasteiger partial charge in [0.2, 0.25) is 0 Å². The van der Waals surface area contributed by atoms with Crippen LogP contribution in [0.15, 0.2) is 36.4 Å². The summed E-state index contributed by atoms with van der Waals surface area (Å²) >= 11 is 5.84. The summed E-state index contributed by atoms with van der Waals surface area (Å²) in [4.78, 5) is 4.80. The average molecular weight is 440 g/mol. The minimum Gasteiger partial charge on any atom is -0.385 e. The quantitative estimate of drug-likeness (QED) is 0.399. The molecule has 4 nitrogen and oxygen atoms in total. The van der Waals surface area contributed by atoms with Gasteiger partial charge in [0.05, 0.1) is 0 Å². The van der Waals surface area contributed by atoms with E-state index in [0.29, 0.717) is 0 Å². The van der Waals surface area contributed by atoms with Gasteiger partial charge in [-0.1, -0.05) is 36.8 Å². The number of methoxy groups -OCH3 is 1. The van der Waals surface area contributed by atoms with Gasteiger partial charge in [-0.15, -0.1) is 0 Å². The fourth-order valence-electron chi connectivity index (χ4n) is 4.35. The Hall–Kier alpha value is -2.11. The van der Waals surface area contributed by atoms with Crippen LogP contribution in [0.3, 0.4) is 0 Å². The molecule has 31 heavy (non-hydrogen) atoms. The zero-order valence-corrected chi connectivity index (χ0v) is 20.4. The molecular formula is C26H37N3OS. The molecule has 5 heteroatoms. The highest BCUT2D eigenvalue weighted by atomic mass is 32.1. The first-order chi connectivity index (χ1) is 15.0. The summed E-state index contributed by atoms with van der Waals surface area (Å²) in [6, 6.07) is 13.4. The molecule has 0 bridgehead atoms. The summed E-state index contributed by atoms with van der Waals surface area (Å²) in [5.74, 6) is 0. The maximum Gasteiger partial charge on any atom is 0.173 e. The molecule has 0 fully saturated rings. The Morgan fingerprint density at radius 2 is 2.03 bits per heavy atom. The Labute approximate surface area is 193 Å². The predicted molar refractivity (Wildman–Crippen MR) is 136 cm³/mol. The van der Waals surface area contributed by atoms with E-state index in [0.717, 1.165) is 49.9 Å². The van der Waals surface area contributed by atoms with E-state index in [1.165, 1.54) is 47.3 Å². The molecule has 0 unspecified atom stereocenters. The van der Waals surface area contributed by atoms with Gasteiger partial charge in [-0.25, -0.2) is 0 Å². The van der Waals surface area contributed by atoms with Crippen molar-refractivity contribution in [2.75, 3.05) is 43.6 Å². The van der Waals surface area contributed by atoms with Gasteiger partial charge in [-0.05, 0) is 80.6 Å². The molecule has 1 heterocycles. The molecule has 0 aliphatic carbocycles. The smallest absolute Gasteiger partial charge is 0.173 e. The van der Waals surface area contributed by atoms with Crippen LogP contribution in [0.1, 0.15) is 48.4 Å². The van der Waals surface area contributed by atoms with Crippen molar-refractivity contribution in [3.05, 3.63) is 58.7 Å². The van der Waals surface area contributed by atoms with Gasteiger partial charge in [-0.2, -0.15) is 0 Å². The van der Waals surface area contributed by atoms with E-state index in [1.807, 2.05) is 0 Å². The molecule has 0 amide bonds. The van der Waals surface area contributed by atoms with Crippen molar-refractivity contribution >= 4 is 28.7 Å². The Kier molecular flexibility index (Phi) is 8.73. The molecule has 3 rings (SSSR count). The van der Waals surface area contributed by atoms with Crippen LogP contribution < -0.4 is 10.2 Å². The highest BCUT2D eigenvalue weighted by Gasteiger charge is 2.18. The predicted octanol–water partition coefficient (Wildman–Crippen LogP) is 5.70. The van der Waals surface area contributed by atoms with E-state index >= 15 is 0 Å². The van der Waals surface area contributed by atoms with Gasteiger partial charge in [0.15, 0.2) is 5.11 Å². The lowest BCUT2D eigenvalue weighted by Gasteiger charge is -2.32. The van der Waals surface area contributed by atoms with Crippen molar-refractivity contribution in [3.8, 4) is 0 Å². The van der Waals surface area contributed by atoms with Gasteiger partial charge >= 0.3 is 0 Å². The molecule has 0 spiro atoms. The summed E-state index contributed by atoms with van der Waals surface area (Å²) in [6.07, 6.45) is 4.53. The Morgan fingerprint density at radius 1 is 1.19 bits per heavy atom. The van der Waals surface area contributed by atoms with Crippen LogP contribution in [0.5, 0.6) is 0 Å². The third-order valence-electron chi connectivity index (χ3n) is 5.91. The molecular weight excluding hydrogens is 402 g/mol. The van der Waals surface area contributed by atoms with E-state index in [1.54, 1.807) is 7.11 Å². The fraction of sp³-hybridized carbons (Fsp3) is 0.500. The van der Waals surface area contributed by atoms with E-state index < -0.39 is 0 Å². The third kappa shape index (κ3) is 6.44. The molecule has 0 aromatic heterocycles. The number of rotatable bonds is 9. The second-order valence-corrected chi connectivity index (χ2v) is 8.96. The van der Waals surface area contributed by atoms with Gasteiger partial charge in [0.25, 0.3) is 0 Å². The number of anilines is 2. The Bertz CT molecular complexity index is 883. The number of hydrogen-bond donors (Lipinski definition) is 1. The van der Waals surface area contributed by atoms with Gasteiger partial charge in [0, 0.05) is 51.3 Å². The number of ether oxygens (including phenoxy) is 1. The molecule has 0 saturated heterocycles. The van der Waals surface area contributed by atoms with Crippen LogP contribution in [-0.2, 0) is 17.7 Å². The standard InChI is InChI=1S/C26H37N3OS/c1-5-13-28-14-6-8-23-18-22(10-12-25(23)28)19-29(15-7-16-30-4)26(31)27-24-11-9-20(2)17-21(24)3/h9-12,17-18H,5-8,13-16,19H2,1-4H3,(H,27,31). The van der Waals surface area contributed by atoms with Crippen LogP contribution in [-0.4, -0.2) is 43.4 Å².